The molecule has 0 aliphatic carbocycles. The number of rotatable bonds is 4. The molecule has 156 valence electrons. The summed E-state index contributed by atoms with van der Waals surface area (Å²) in [6.07, 6.45) is 2.05. The fourth-order valence-electron chi connectivity index (χ4n) is 4.94. The summed E-state index contributed by atoms with van der Waals surface area (Å²) in [7, 11) is 0. The number of nitrogens with zero attached hydrogens (tertiary/aromatic N) is 1. The van der Waals surface area contributed by atoms with E-state index >= 15 is 0 Å². The molecule has 2 saturated heterocycles. The van der Waals surface area contributed by atoms with E-state index in [1.54, 1.807) is 18.2 Å². The van der Waals surface area contributed by atoms with Crippen LogP contribution < -0.4 is 10.7 Å². The maximum Gasteiger partial charge on any atom is 0.289 e. The zero-order valence-corrected chi connectivity index (χ0v) is 17.5. The van der Waals surface area contributed by atoms with Gasteiger partial charge in [-0.1, -0.05) is 42.5 Å². The van der Waals surface area contributed by atoms with Crippen molar-refractivity contribution in [1.82, 2.24) is 10.2 Å². The van der Waals surface area contributed by atoms with Gasteiger partial charge >= 0.3 is 0 Å². The monoisotopic (exact) mass is 424 g/mol. The van der Waals surface area contributed by atoms with E-state index in [4.69, 9.17) is 4.42 Å². The van der Waals surface area contributed by atoms with Crippen molar-refractivity contribution >= 4 is 29.3 Å². The molecule has 30 heavy (non-hydrogen) atoms. The molecular formula is C24H25ClN2O3. The maximum absolute atomic E-state index is 13.2. The van der Waals surface area contributed by atoms with Crippen molar-refractivity contribution in [2.24, 2.45) is 11.3 Å². The first-order chi connectivity index (χ1) is 14.1. The van der Waals surface area contributed by atoms with Crippen molar-refractivity contribution in [2.45, 2.75) is 12.8 Å². The molecule has 0 saturated carbocycles. The number of fused-ring (bicyclic) bond motifs is 2. The van der Waals surface area contributed by atoms with Gasteiger partial charge < -0.3 is 14.6 Å². The molecule has 2 aliphatic heterocycles. The first-order valence-corrected chi connectivity index (χ1v) is 10.2. The van der Waals surface area contributed by atoms with Crippen LogP contribution in [0.2, 0.25) is 0 Å². The number of carbonyl (C=O) groups excluding carboxylic acids is 1. The highest BCUT2D eigenvalue weighted by atomic mass is 35.5. The average molecular weight is 425 g/mol. The lowest BCUT2D eigenvalue weighted by Gasteiger charge is -2.28. The number of para-hydroxylation sites is 1. The molecule has 6 heteroatoms. The van der Waals surface area contributed by atoms with Crippen molar-refractivity contribution < 1.29 is 9.21 Å². The highest BCUT2D eigenvalue weighted by Gasteiger charge is 2.50. The van der Waals surface area contributed by atoms with Crippen molar-refractivity contribution in [1.29, 1.82) is 0 Å². The Kier molecular flexibility index (Phi) is 5.67. The highest BCUT2D eigenvalue weighted by molar-refractivity contribution is 5.93. The highest BCUT2D eigenvalue weighted by Crippen LogP contribution is 2.43. The lowest BCUT2D eigenvalue weighted by molar-refractivity contribution is 0.0738. The normalized spacial score (nSPS) is 22.7. The second kappa shape index (κ2) is 8.25. The van der Waals surface area contributed by atoms with E-state index in [2.05, 4.69) is 29.6 Å². The first kappa shape index (κ1) is 20.6. The van der Waals surface area contributed by atoms with E-state index < -0.39 is 0 Å². The first-order valence-electron chi connectivity index (χ1n) is 10.2. The molecule has 3 aromatic rings. The number of carbonyl (C=O) groups is 1. The summed E-state index contributed by atoms with van der Waals surface area (Å²) < 4.78 is 5.79. The Labute approximate surface area is 181 Å². The molecule has 0 bridgehead atoms. The van der Waals surface area contributed by atoms with Gasteiger partial charge in [0.1, 0.15) is 5.58 Å². The second-order valence-corrected chi connectivity index (χ2v) is 8.33. The number of halogens is 1. The van der Waals surface area contributed by atoms with Crippen LogP contribution in [0.25, 0.3) is 11.0 Å². The summed E-state index contributed by atoms with van der Waals surface area (Å²) >= 11 is 0. The predicted octanol–water partition coefficient (Wildman–Crippen LogP) is 3.51. The number of amides is 1. The Bertz CT molecular complexity index is 1110. The lowest BCUT2D eigenvalue weighted by Crippen LogP contribution is -2.36. The number of hydrogen-bond acceptors (Lipinski definition) is 4. The summed E-state index contributed by atoms with van der Waals surface area (Å²) in [5, 5.41) is 4.03. The number of aryl methyl sites for hydroxylation is 1. The summed E-state index contributed by atoms with van der Waals surface area (Å²) in [5.41, 5.74) is 1.71. The molecule has 1 amide bonds. The van der Waals surface area contributed by atoms with Crippen LogP contribution in [0.15, 0.2) is 69.9 Å². The molecule has 5 nitrogen and oxygen atoms in total. The zero-order chi connectivity index (χ0) is 19.8. The standard InChI is InChI=1S/C24H24N2O3.ClH/c27-20-12-22(29-21-9-5-4-8-19(20)21)23(28)26-14-18-13-25-15-24(18,16-26)11-10-17-6-2-1-3-7-17;/h1-9,12,18,25H,10-11,13-16H2;1H. The number of likely N-dealkylation sites (tertiary alicyclic amines) is 1. The predicted molar refractivity (Wildman–Crippen MR) is 119 cm³/mol. The van der Waals surface area contributed by atoms with Gasteiger partial charge in [0, 0.05) is 37.7 Å². The van der Waals surface area contributed by atoms with Crippen LogP contribution in [0.5, 0.6) is 0 Å². The van der Waals surface area contributed by atoms with E-state index in [1.807, 2.05) is 17.0 Å². The molecule has 2 aliphatic rings. The summed E-state index contributed by atoms with van der Waals surface area (Å²) in [6.45, 7) is 3.26. The molecule has 5 rings (SSSR count). The fourth-order valence-corrected chi connectivity index (χ4v) is 4.94. The van der Waals surface area contributed by atoms with Crippen LogP contribution in [0.3, 0.4) is 0 Å². The van der Waals surface area contributed by atoms with E-state index in [0.717, 1.165) is 25.9 Å². The quantitative estimate of drug-likeness (QED) is 0.696. The van der Waals surface area contributed by atoms with Crippen molar-refractivity contribution in [3.8, 4) is 0 Å². The average Bonchev–Trinajstić information content (AvgIpc) is 3.30. The Morgan fingerprint density at radius 3 is 2.73 bits per heavy atom. The Morgan fingerprint density at radius 1 is 1.13 bits per heavy atom. The van der Waals surface area contributed by atoms with Gasteiger partial charge in [0.25, 0.3) is 5.91 Å². The van der Waals surface area contributed by atoms with E-state index in [0.29, 0.717) is 30.0 Å². The molecule has 2 atom stereocenters. The zero-order valence-electron chi connectivity index (χ0n) is 16.7. The minimum absolute atomic E-state index is 0. The molecule has 1 aromatic heterocycles. The Morgan fingerprint density at radius 2 is 1.90 bits per heavy atom. The molecule has 2 fully saturated rings. The van der Waals surface area contributed by atoms with Gasteiger partial charge in [0.05, 0.1) is 5.39 Å². The molecule has 1 N–H and O–H groups in total. The summed E-state index contributed by atoms with van der Waals surface area (Å²) in [6, 6.07) is 18.9. The SMILES string of the molecule is Cl.O=C(c1cc(=O)c2ccccc2o1)N1CC2CNCC2(CCc2ccccc2)C1. The van der Waals surface area contributed by atoms with Crippen LogP contribution in [0.4, 0.5) is 0 Å². The molecule has 2 aromatic carbocycles. The lowest BCUT2D eigenvalue weighted by atomic mass is 9.76. The number of nitrogens with one attached hydrogen (secondary N) is 1. The van der Waals surface area contributed by atoms with Gasteiger partial charge in [0.2, 0.25) is 0 Å². The van der Waals surface area contributed by atoms with E-state index in [1.165, 1.54) is 11.6 Å². The smallest absolute Gasteiger partial charge is 0.289 e. The summed E-state index contributed by atoms with van der Waals surface area (Å²) in [5.74, 6) is 0.392. The van der Waals surface area contributed by atoms with Crippen LogP contribution in [0.1, 0.15) is 22.5 Å². The Balaban J connectivity index is 0.00000218. The third-order valence-electron chi connectivity index (χ3n) is 6.57. The minimum atomic E-state index is -0.179. The van der Waals surface area contributed by atoms with Gasteiger partial charge in [-0.05, 0) is 36.5 Å². The van der Waals surface area contributed by atoms with Gasteiger partial charge in [-0.25, -0.2) is 0 Å². The number of benzene rings is 2. The summed E-state index contributed by atoms with van der Waals surface area (Å²) in [4.78, 5) is 27.4. The van der Waals surface area contributed by atoms with E-state index in [9.17, 15) is 9.59 Å². The van der Waals surface area contributed by atoms with Gasteiger partial charge in [0.15, 0.2) is 11.2 Å². The van der Waals surface area contributed by atoms with Crippen LogP contribution in [0, 0.1) is 11.3 Å². The molecule has 3 heterocycles. The molecule has 0 radical (unpaired) electrons. The van der Waals surface area contributed by atoms with Crippen LogP contribution >= 0.6 is 12.4 Å². The van der Waals surface area contributed by atoms with Crippen molar-refractivity contribution in [3.05, 3.63) is 82.2 Å². The number of hydrogen-bond donors (Lipinski definition) is 1. The van der Waals surface area contributed by atoms with Gasteiger partial charge in [-0.2, -0.15) is 0 Å². The molecule has 0 spiro atoms. The largest absolute Gasteiger partial charge is 0.451 e. The topological polar surface area (TPSA) is 62.6 Å². The van der Waals surface area contributed by atoms with Gasteiger partial charge in [-0.3, -0.25) is 9.59 Å². The Hall–Kier alpha value is -2.63. The van der Waals surface area contributed by atoms with Crippen LogP contribution in [-0.4, -0.2) is 37.0 Å². The fraction of sp³-hybridized carbons (Fsp3) is 0.333. The molecule has 2 unspecified atom stereocenters. The van der Waals surface area contributed by atoms with Gasteiger partial charge in [-0.15, -0.1) is 12.4 Å². The third kappa shape index (κ3) is 3.64. The van der Waals surface area contributed by atoms with Crippen molar-refractivity contribution in [3.63, 3.8) is 0 Å². The minimum Gasteiger partial charge on any atom is -0.451 e. The molecular weight excluding hydrogens is 400 g/mol. The van der Waals surface area contributed by atoms with E-state index in [-0.39, 0.29) is 34.9 Å². The van der Waals surface area contributed by atoms with Crippen LogP contribution in [-0.2, 0) is 6.42 Å². The second-order valence-electron chi connectivity index (χ2n) is 8.33. The maximum atomic E-state index is 13.2. The van der Waals surface area contributed by atoms with Crippen molar-refractivity contribution in [2.75, 3.05) is 26.2 Å². The third-order valence-corrected chi connectivity index (χ3v) is 6.57.